The van der Waals surface area contributed by atoms with Crippen molar-refractivity contribution in [2.24, 2.45) is 5.92 Å². The van der Waals surface area contributed by atoms with Crippen LogP contribution in [0, 0.1) is 5.92 Å². The standard InChI is InChI=1S/C18H23N3O4/c1-3-24-18(22)14-5-4-10-21(11-14)12-16-19-17(20-25-16)13-6-8-15(23-2)9-7-13/h6-9,14H,3-5,10-12H2,1-2H3/t14-/m0/s1. The third-order valence-electron chi connectivity index (χ3n) is 4.30. The Kier molecular flexibility index (Phi) is 5.65. The summed E-state index contributed by atoms with van der Waals surface area (Å²) < 4.78 is 15.7. The van der Waals surface area contributed by atoms with Crippen molar-refractivity contribution >= 4 is 5.97 Å². The average molecular weight is 345 g/mol. The minimum absolute atomic E-state index is 0.0716. The summed E-state index contributed by atoms with van der Waals surface area (Å²) in [4.78, 5) is 18.5. The van der Waals surface area contributed by atoms with E-state index in [4.69, 9.17) is 14.0 Å². The lowest BCUT2D eigenvalue weighted by molar-refractivity contribution is -0.150. The first-order chi connectivity index (χ1) is 12.2. The summed E-state index contributed by atoms with van der Waals surface area (Å²) in [5, 5.41) is 4.05. The van der Waals surface area contributed by atoms with Crippen molar-refractivity contribution in [3.8, 4) is 17.1 Å². The Labute approximate surface area is 146 Å². The predicted octanol–water partition coefficient (Wildman–Crippen LogP) is 2.52. The van der Waals surface area contributed by atoms with Crippen molar-refractivity contribution < 1.29 is 18.8 Å². The van der Waals surface area contributed by atoms with Gasteiger partial charge < -0.3 is 14.0 Å². The highest BCUT2D eigenvalue weighted by Crippen LogP contribution is 2.22. The zero-order valence-corrected chi connectivity index (χ0v) is 14.6. The molecule has 0 radical (unpaired) electrons. The monoisotopic (exact) mass is 345 g/mol. The second-order valence-electron chi connectivity index (χ2n) is 6.07. The molecular formula is C18H23N3O4. The molecule has 2 heterocycles. The minimum atomic E-state index is -0.114. The molecule has 0 bridgehead atoms. The van der Waals surface area contributed by atoms with Crippen LogP contribution in [-0.4, -0.2) is 47.8 Å². The van der Waals surface area contributed by atoms with Gasteiger partial charge in [0.25, 0.3) is 0 Å². The van der Waals surface area contributed by atoms with E-state index >= 15 is 0 Å². The van der Waals surface area contributed by atoms with Crippen LogP contribution in [0.15, 0.2) is 28.8 Å². The van der Waals surface area contributed by atoms with Gasteiger partial charge >= 0.3 is 5.97 Å². The number of piperidine rings is 1. The van der Waals surface area contributed by atoms with E-state index < -0.39 is 0 Å². The number of likely N-dealkylation sites (tertiary alicyclic amines) is 1. The third kappa shape index (κ3) is 4.36. The van der Waals surface area contributed by atoms with Crippen LogP contribution in [0.25, 0.3) is 11.4 Å². The number of hydrogen-bond donors (Lipinski definition) is 0. The normalized spacial score (nSPS) is 18.1. The Morgan fingerprint density at radius 3 is 2.88 bits per heavy atom. The molecule has 0 N–H and O–H groups in total. The Morgan fingerprint density at radius 2 is 2.16 bits per heavy atom. The van der Waals surface area contributed by atoms with Gasteiger partial charge in [0, 0.05) is 12.1 Å². The minimum Gasteiger partial charge on any atom is -0.497 e. The zero-order valence-electron chi connectivity index (χ0n) is 14.6. The van der Waals surface area contributed by atoms with Crippen LogP contribution >= 0.6 is 0 Å². The number of nitrogens with zero attached hydrogens (tertiary/aromatic N) is 3. The number of rotatable bonds is 6. The van der Waals surface area contributed by atoms with Gasteiger partial charge in [0.05, 0.1) is 26.2 Å². The lowest BCUT2D eigenvalue weighted by Gasteiger charge is -2.30. The summed E-state index contributed by atoms with van der Waals surface area (Å²) in [6.07, 6.45) is 1.83. The SMILES string of the molecule is CCOC(=O)[C@H]1CCCN(Cc2nc(-c3ccc(OC)cc3)no2)C1. The smallest absolute Gasteiger partial charge is 0.310 e. The molecule has 1 aromatic heterocycles. The molecule has 1 atom stereocenters. The van der Waals surface area contributed by atoms with Crippen molar-refractivity contribution in [2.75, 3.05) is 26.8 Å². The molecule has 3 rings (SSSR count). The number of carbonyl (C=O) groups is 1. The van der Waals surface area contributed by atoms with Gasteiger partial charge in [-0.05, 0) is 50.6 Å². The fourth-order valence-corrected chi connectivity index (χ4v) is 3.02. The lowest BCUT2D eigenvalue weighted by atomic mass is 9.98. The Hall–Kier alpha value is -2.41. The van der Waals surface area contributed by atoms with E-state index in [2.05, 4.69) is 15.0 Å². The largest absolute Gasteiger partial charge is 0.497 e. The quantitative estimate of drug-likeness (QED) is 0.744. The number of ether oxygens (including phenoxy) is 2. The van der Waals surface area contributed by atoms with Crippen LogP contribution in [0.4, 0.5) is 0 Å². The van der Waals surface area contributed by atoms with Gasteiger partial charge in [-0.3, -0.25) is 9.69 Å². The molecule has 1 saturated heterocycles. The van der Waals surface area contributed by atoms with Gasteiger partial charge in [0.2, 0.25) is 11.7 Å². The highest BCUT2D eigenvalue weighted by molar-refractivity contribution is 5.72. The van der Waals surface area contributed by atoms with Gasteiger partial charge in [-0.2, -0.15) is 4.98 Å². The second-order valence-corrected chi connectivity index (χ2v) is 6.07. The molecule has 0 aliphatic carbocycles. The van der Waals surface area contributed by atoms with E-state index in [1.165, 1.54) is 0 Å². The summed E-state index contributed by atoms with van der Waals surface area (Å²) in [5.74, 6) is 1.70. The number of carbonyl (C=O) groups excluding carboxylic acids is 1. The van der Waals surface area contributed by atoms with E-state index in [9.17, 15) is 4.79 Å². The predicted molar refractivity (Wildman–Crippen MR) is 90.9 cm³/mol. The first kappa shape index (κ1) is 17.4. The van der Waals surface area contributed by atoms with Crippen molar-refractivity contribution in [1.29, 1.82) is 0 Å². The molecule has 0 unspecified atom stereocenters. The number of benzene rings is 1. The molecule has 1 aliphatic rings. The maximum absolute atomic E-state index is 11.9. The lowest BCUT2D eigenvalue weighted by Crippen LogP contribution is -2.39. The van der Waals surface area contributed by atoms with E-state index in [-0.39, 0.29) is 11.9 Å². The van der Waals surface area contributed by atoms with Gasteiger partial charge in [-0.1, -0.05) is 5.16 Å². The Morgan fingerprint density at radius 1 is 1.36 bits per heavy atom. The number of aromatic nitrogens is 2. The molecule has 1 aliphatic heterocycles. The van der Waals surface area contributed by atoms with E-state index in [0.29, 0.717) is 31.4 Å². The van der Waals surface area contributed by atoms with Crippen molar-refractivity contribution in [2.45, 2.75) is 26.3 Å². The van der Waals surface area contributed by atoms with Crippen LogP contribution in [0.5, 0.6) is 5.75 Å². The summed E-state index contributed by atoms with van der Waals surface area (Å²) in [5.41, 5.74) is 0.874. The molecule has 0 amide bonds. The first-order valence-corrected chi connectivity index (χ1v) is 8.55. The van der Waals surface area contributed by atoms with Gasteiger partial charge in [0.15, 0.2) is 0 Å². The van der Waals surface area contributed by atoms with E-state index in [0.717, 1.165) is 30.7 Å². The van der Waals surface area contributed by atoms with E-state index in [1.54, 1.807) is 7.11 Å². The summed E-state index contributed by atoms with van der Waals surface area (Å²) in [6.45, 7) is 4.37. The number of methoxy groups -OCH3 is 1. The fraction of sp³-hybridized carbons (Fsp3) is 0.500. The van der Waals surface area contributed by atoms with Crippen LogP contribution < -0.4 is 4.74 Å². The molecule has 134 valence electrons. The first-order valence-electron chi connectivity index (χ1n) is 8.55. The summed E-state index contributed by atoms with van der Waals surface area (Å²) in [7, 11) is 1.63. The molecule has 7 heteroatoms. The van der Waals surface area contributed by atoms with Crippen LogP contribution in [-0.2, 0) is 16.1 Å². The highest BCUT2D eigenvalue weighted by Gasteiger charge is 2.27. The third-order valence-corrected chi connectivity index (χ3v) is 4.30. The van der Waals surface area contributed by atoms with Crippen molar-refractivity contribution in [3.63, 3.8) is 0 Å². The van der Waals surface area contributed by atoms with Gasteiger partial charge in [0.1, 0.15) is 5.75 Å². The van der Waals surface area contributed by atoms with Crippen LogP contribution in [0.2, 0.25) is 0 Å². The van der Waals surface area contributed by atoms with Gasteiger partial charge in [-0.25, -0.2) is 0 Å². The maximum Gasteiger partial charge on any atom is 0.310 e. The number of hydrogen-bond acceptors (Lipinski definition) is 7. The number of esters is 1. The van der Waals surface area contributed by atoms with E-state index in [1.807, 2.05) is 31.2 Å². The van der Waals surface area contributed by atoms with Crippen molar-refractivity contribution in [1.82, 2.24) is 15.0 Å². The van der Waals surface area contributed by atoms with Gasteiger partial charge in [-0.15, -0.1) is 0 Å². The molecular weight excluding hydrogens is 322 g/mol. The Balaban J connectivity index is 1.61. The topological polar surface area (TPSA) is 77.7 Å². The summed E-state index contributed by atoms with van der Waals surface area (Å²) >= 11 is 0. The zero-order chi connectivity index (χ0) is 17.6. The maximum atomic E-state index is 11.9. The molecule has 1 aromatic carbocycles. The molecule has 0 saturated carbocycles. The molecule has 2 aromatic rings. The van der Waals surface area contributed by atoms with Crippen LogP contribution in [0.1, 0.15) is 25.7 Å². The molecule has 25 heavy (non-hydrogen) atoms. The molecule has 1 fully saturated rings. The second kappa shape index (κ2) is 8.11. The highest BCUT2D eigenvalue weighted by atomic mass is 16.5. The summed E-state index contributed by atoms with van der Waals surface area (Å²) in [6, 6.07) is 7.51. The Bertz CT molecular complexity index is 699. The fourth-order valence-electron chi connectivity index (χ4n) is 3.02. The van der Waals surface area contributed by atoms with Crippen LogP contribution in [0.3, 0.4) is 0 Å². The molecule has 7 nitrogen and oxygen atoms in total. The van der Waals surface area contributed by atoms with Crippen molar-refractivity contribution in [3.05, 3.63) is 30.2 Å². The average Bonchev–Trinajstić information content (AvgIpc) is 3.10. The molecule has 0 spiro atoms.